The monoisotopic (exact) mass is 812 g/mol. The summed E-state index contributed by atoms with van der Waals surface area (Å²) in [6.45, 7) is 14.3. The third-order valence-electron chi connectivity index (χ3n) is 14.1. The lowest BCUT2D eigenvalue weighted by atomic mass is 9.44. The molecule has 1 saturated heterocycles. The van der Waals surface area contributed by atoms with Crippen LogP contribution in [0.5, 0.6) is 0 Å². The quantitative estimate of drug-likeness (QED) is 0.110. The number of carbonyl (C=O) groups is 7. The summed E-state index contributed by atoms with van der Waals surface area (Å²) in [5.41, 5.74) is -2.89. The molecule has 15 heteroatoms. The van der Waals surface area contributed by atoms with Crippen LogP contribution in [0, 0.1) is 40.4 Å². The highest BCUT2D eigenvalue weighted by Gasteiger charge is 2.69. The highest BCUT2D eigenvalue weighted by molar-refractivity contribution is 6.01. The summed E-state index contributed by atoms with van der Waals surface area (Å²) < 4.78 is 5.30. The zero-order chi connectivity index (χ0) is 43.1. The minimum absolute atomic E-state index is 0.0130. The van der Waals surface area contributed by atoms with Gasteiger partial charge in [0.05, 0.1) is 6.10 Å². The van der Waals surface area contributed by atoms with Crippen molar-refractivity contribution in [3.63, 3.8) is 0 Å². The molecule has 0 aromatic carbocycles. The number of unbranched alkanes of at least 4 members (excludes halogenated alkanes) is 1. The first-order valence-corrected chi connectivity index (χ1v) is 21.1. The van der Waals surface area contributed by atoms with Crippen molar-refractivity contribution in [2.45, 2.75) is 155 Å². The third kappa shape index (κ3) is 8.27. The molecule has 0 aromatic rings. The van der Waals surface area contributed by atoms with Crippen LogP contribution in [-0.4, -0.2) is 110 Å². The molecule has 4 amide bonds. The Morgan fingerprint density at radius 1 is 1.02 bits per heavy atom. The number of carbonyl (C=O) groups excluding carboxylic acids is 7. The summed E-state index contributed by atoms with van der Waals surface area (Å²) in [5, 5.41) is 42.9. The molecule has 5 aliphatic rings. The largest absolute Gasteiger partial charge is 0.427 e. The van der Waals surface area contributed by atoms with E-state index >= 15 is 0 Å². The normalized spacial score (nSPS) is 34.7. The van der Waals surface area contributed by atoms with Crippen molar-refractivity contribution >= 4 is 41.2 Å². The average Bonchev–Trinajstić information content (AvgIpc) is 3.75. The summed E-state index contributed by atoms with van der Waals surface area (Å²) >= 11 is 0. The van der Waals surface area contributed by atoms with Gasteiger partial charge in [-0.3, -0.25) is 28.8 Å². The number of rotatable bonds is 14. The summed E-state index contributed by atoms with van der Waals surface area (Å²) in [6.07, 6.45) is 5.48. The Hall–Kier alpha value is -3.95. The van der Waals surface area contributed by atoms with Crippen LogP contribution in [0.4, 0.5) is 0 Å². The Morgan fingerprint density at radius 2 is 1.71 bits per heavy atom. The van der Waals surface area contributed by atoms with Gasteiger partial charge in [0, 0.05) is 29.7 Å². The van der Waals surface area contributed by atoms with Crippen molar-refractivity contribution in [2.24, 2.45) is 40.4 Å². The molecular weight excluding hydrogens is 748 g/mol. The topological polar surface area (TPSA) is 229 Å². The van der Waals surface area contributed by atoms with Gasteiger partial charge in [0.25, 0.3) is 6.29 Å². The lowest BCUT2D eigenvalue weighted by Gasteiger charge is -2.60. The number of ketones is 2. The highest BCUT2D eigenvalue weighted by atomic mass is 16.6. The van der Waals surface area contributed by atoms with Crippen LogP contribution in [0.15, 0.2) is 23.8 Å². The molecule has 15 nitrogen and oxygen atoms in total. The van der Waals surface area contributed by atoms with Gasteiger partial charge in [-0.1, -0.05) is 59.6 Å². The number of Topliss-reactive ketones (excluding diaryl/α,β-unsaturated/α-hetero) is 1. The maximum absolute atomic E-state index is 14.0. The van der Waals surface area contributed by atoms with Crippen LogP contribution >= 0.6 is 0 Å². The second-order valence-corrected chi connectivity index (χ2v) is 18.3. The molecule has 0 radical (unpaired) electrons. The molecule has 1 aliphatic heterocycles. The first-order valence-electron chi connectivity index (χ1n) is 21.1. The fraction of sp³-hybridized carbons (Fsp3) is 0.744. The minimum atomic E-state index is -2.36. The molecule has 0 spiro atoms. The second kappa shape index (κ2) is 17.3. The molecule has 58 heavy (non-hydrogen) atoms. The molecule has 3 saturated carbocycles. The lowest BCUT2D eigenvalue weighted by Crippen LogP contribution is -2.63. The number of esters is 1. The number of fused-ring (bicyclic) bond motifs is 5. The van der Waals surface area contributed by atoms with E-state index in [4.69, 9.17) is 4.74 Å². The molecule has 0 aromatic heterocycles. The fourth-order valence-electron chi connectivity index (χ4n) is 11.0. The smallest absolute Gasteiger partial charge is 0.331 e. The van der Waals surface area contributed by atoms with Crippen LogP contribution in [0.25, 0.3) is 0 Å². The maximum Gasteiger partial charge on any atom is 0.331 e. The van der Waals surface area contributed by atoms with Crippen molar-refractivity contribution < 1.29 is 53.6 Å². The predicted octanol–water partition coefficient (Wildman–Crippen LogP) is 2.00. The minimum Gasteiger partial charge on any atom is -0.427 e. The van der Waals surface area contributed by atoms with E-state index in [9.17, 15) is 48.9 Å². The number of nitrogens with zero attached hydrogens (tertiary/aromatic N) is 1. The zero-order valence-corrected chi connectivity index (χ0v) is 35.2. The SMILES string of the molecule is CCCCC(=O)N[C@@H](C)C(=O)N[C@@H](C)C(=O)N1CCC[C@H]1C(=O)N[C@H](C(=O)OC(O)C(=O)[C@@]1(O)CCC2C3C[C@H](C)C4=CC(=O)C=C[C@]4(C)C3[C@@H](O)C[C@@]21C)C(C)C. The number of aliphatic hydroxyl groups excluding tert-OH is 2. The number of allylic oxidation sites excluding steroid dienone is 4. The van der Waals surface area contributed by atoms with E-state index in [2.05, 4.69) is 16.0 Å². The molecule has 322 valence electrons. The number of hydrogen-bond donors (Lipinski definition) is 6. The Labute approximate surface area is 341 Å². The van der Waals surface area contributed by atoms with Gasteiger partial charge in [-0.05, 0) is 94.6 Å². The van der Waals surface area contributed by atoms with Gasteiger partial charge in [-0.15, -0.1) is 0 Å². The molecule has 5 rings (SSSR count). The number of nitrogens with one attached hydrogen (secondary N) is 3. The lowest BCUT2D eigenvalue weighted by molar-refractivity contribution is -0.204. The molecular formula is C43H64N4O11. The standard InChI is InChI=1S/C43H64N4O11/c1-9-10-13-32(50)44-24(5)36(52)45-25(6)38(54)47-18-11-12-30(47)37(53)46-34(22(2)3)39(55)58-40(56)35(51)43(57)17-15-28-27-19-23(4)29-20-26(48)14-16-41(29,7)33(27)31(49)21-42(28,43)8/h14,16,20,22-25,27-28,30-31,33-34,40,49,56-57H,9-13,15,17-19,21H2,1-8H3,(H,44,50)(H,45,52)(H,46,53)/t23-,24-,25-,27?,28?,30-,31-,33?,34-,40?,41-,42-,43-/m0/s1. The van der Waals surface area contributed by atoms with E-state index in [1.807, 2.05) is 26.8 Å². The maximum atomic E-state index is 14.0. The first kappa shape index (κ1) is 45.1. The van der Waals surface area contributed by atoms with E-state index in [1.54, 1.807) is 32.9 Å². The summed E-state index contributed by atoms with van der Waals surface area (Å²) in [4.78, 5) is 93.2. The third-order valence-corrected chi connectivity index (χ3v) is 14.1. The van der Waals surface area contributed by atoms with Gasteiger partial charge in [0.1, 0.15) is 29.8 Å². The molecule has 4 unspecified atom stereocenters. The van der Waals surface area contributed by atoms with Gasteiger partial charge in [-0.2, -0.15) is 0 Å². The van der Waals surface area contributed by atoms with E-state index < -0.39 is 88.4 Å². The van der Waals surface area contributed by atoms with E-state index in [1.165, 1.54) is 18.7 Å². The van der Waals surface area contributed by atoms with Crippen LogP contribution in [0.2, 0.25) is 0 Å². The van der Waals surface area contributed by atoms with Crippen molar-refractivity contribution in [3.05, 3.63) is 23.8 Å². The molecule has 4 fully saturated rings. The Kier molecular flexibility index (Phi) is 13.5. The van der Waals surface area contributed by atoms with E-state index in [-0.39, 0.29) is 67.6 Å². The van der Waals surface area contributed by atoms with Crippen molar-refractivity contribution in [1.29, 1.82) is 0 Å². The number of ether oxygens (including phenoxy) is 1. The average molecular weight is 813 g/mol. The van der Waals surface area contributed by atoms with Gasteiger partial charge >= 0.3 is 5.97 Å². The van der Waals surface area contributed by atoms with E-state index in [0.717, 1.165) is 12.0 Å². The van der Waals surface area contributed by atoms with Gasteiger partial charge in [0.2, 0.25) is 29.4 Å². The summed E-state index contributed by atoms with van der Waals surface area (Å²) in [5.74, 6) is -5.39. The molecule has 4 aliphatic carbocycles. The molecule has 0 bridgehead atoms. The predicted molar refractivity (Wildman–Crippen MR) is 211 cm³/mol. The van der Waals surface area contributed by atoms with Gasteiger partial charge in [-0.25, -0.2) is 4.79 Å². The fourth-order valence-corrected chi connectivity index (χ4v) is 11.0. The Morgan fingerprint density at radius 3 is 2.36 bits per heavy atom. The van der Waals surface area contributed by atoms with Crippen LogP contribution in [-0.2, 0) is 38.3 Å². The number of amides is 4. The van der Waals surface area contributed by atoms with Crippen molar-refractivity contribution in [3.8, 4) is 0 Å². The van der Waals surface area contributed by atoms with Crippen LogP contribution < -0.4 is 16.0 Å². The zero-order valence-electron chi connectivity index (χ0n) is 35.2. The van der Waals surface area contributed by atoms with Crippen molar-refractivity contribution in [1.82, 2.24) is 20.9 Å². The second-order valence-electron chi connectivity index (χ2n) is 18.3. The van der Waals surface area contributed by atoms with E-state index in [0.29, 0.717) is 25.7 Å². The number of likely N-dealkylation sites (tertiary alicyclic amines) is 1. The van der Waals surface area contributed by atoms with Gasteiger partial charge < -0.3 is 40.9 Å². The van der Waals surface area contributed by atoms with Crippen molar-refractivity contribution in [2.75, 3.05) is 6.54 Å². The van der Waals surface area contributed by atoms with Crippen LogP contribution in [0.1, 0.15) is 113 Å². The summed E-state index contributed by atoms with van der Waals surface area (Å²) in [7, 11) is 0. The molecule has 13 atom stereocenters. The number of hydrogen-bond acceptors (Lipinski definition) is 11. The van der Waals surface area contributed by atoms with Gasteiger partial charge in [0.15, 0.2) is 5.78 Å². The molecule has 6 N–H and O–H groups in total. The first-order chi connectivity index (χ1) is 27.1. The molecule has 1 heterocycles. The Bertz CT molecular complexity index is 1730. The number of aliphatic hydroxyl groups is 3. The Balaban J connectivity index is 1.22. The summed E-state index contributed by atoms with van der Waals surface area (Å²) in [6, 6.07) is -4.20. The highest BCUT2D eigenvalue weighted by Crippen LogP contribution is 2.68. The van der Waals surface area contributed by atoms with Crippen LogP contribution in [0.3, 0.4) is 0 Å².